The molecule has 5 aliphatic rings. The van der Waals surface area contributed by atoms with E-state index in [4.69, 9.17) is 30.8 Å². The summed E-state index contributed by atoms with van der Waals surface area (Å²) in [4.78, 5) is 21.1. The molecule has 1 amide bonds. The van der Waals surface area contributed by atoms with Crippen molar-refractivity contribution in [1.82, 2.24) is 14.5 Å². The second kappa shape index (κ2) is 12.6. The minimum Gasteiger partial charge on any atom is -0.444 e. The summed E-state index contributed by atoms with van der Waals surface area (Å²) in [5.74, 6) is 0.283. The van der Waals surface area contributed by atoms with Crippen molar-refractivity contribution in [3.8, 4) is 11.5 Å². The maximum Gasteiger partial charge on any atom is 0.278 e. The molecule has 1 spiro atoms. The van der Waals surface area contributed by atoms with Crippen LogP contribution in [-0.2, 0) is 29.0 Å². The van der Waals surface area contributed by atoms with Crippen LogP contribution in [0.2, 0.25) is 5.02 Å². The molecular formula is C43H41ClFN5O4. The van der Waals surface area contributed by atoms with Crippen molar-refractivity contribution in [2.24, 2.45) is 0 Å². The third-order valence-electron chi connectivity index (χ3n) is 11.9. The number of carbonyl (C=O) groups excluding carboxylic acids is 1. The number of anilines is 2. The highest BCUT2D eigenvalue weighted by Crippen LogP contribution is 2.55. The molecule has 2 fully saturated rings. The molecule has 9 nitrogen and oxygen atoms in total. The molecule has 1 unspecified atom stereocenters. The Morgan fingerprint density at radius 3 is 2.72 bits per heavy atom. The lowest BCUT2D eigenvalue weighted by atomic mass is 9.94. The molecular weight excluding hydrogens is 705 g/mol. The summed E-state index contributed by atoms with van der Waals surface area (Å²) < 4.78 is 35.7. The van der Waals surface area contributed by atoms with Crippen molar-refractivity contribution in [2.45, 2.75) is 69.9 Å². The third-order valence-corrected chi connectivity index (χ3v) is 12.1. The fourth-order valence-corrected chi connectivity index (χ4v) is 8.74. The number of ether oxygens (including phenoxy) is 3. The molecule has 11 heteroatoms. The number of rotatable bonds is 8. The van der Waals surface area contributed by atoms with Crippen LogP contribution in [0.15, 0.2) is 72.8 Å². The maximum atomic E-state index is 14.9. The number of nitrogens with zero attached hydrogens (tertiary/aromatic N) is 3. The van der Waals surface area contributed by atoms with Crippen LogP contribution >= 0.6 is 11.6 Å². The molecule has 276 valence electrons. The molecule has 0 radical (unpaired) electrons. The maximum absolute atomic E-state index is 14.9. The quantitative estimate of drug-likeness (QED) is 0.165. The minimum atomic E-state index is -1.31. The van der Waals surface area contributed by atoms with Crippen LogP contribution in [-0.4, -0.2) is 52.7 Å². The van der Waals surface area contributed by atoms with Crippen molar-refractivity contribution in [1.29, 1.82) is 0 Å². The zero-order valence-electron chi connectivity index (χ0n) is 30.3. The predicted octanol–water partition coefficient (Wildman–Crippen LogP) is 8.57. The average molecular weight is 746 g/mol. The lowest BCUT2D eigenvalue weighted by Gasteiger charge is -2.29. The molecule has 1 saturated heterocycles. The Balaban J connectivity index is 0.873. The van der Waals surface area contributed by atoms with E-state index < -0.39 is 11.6 Å². The summed E-state index contributed by atoms with van der Waals surface area (Å²) >= 11 is 6.02. The molecule has 1 saturated carbocycles. The van der Waals surface area contributed by atoms with Gasteiger partial charge in [0.25, 0.3) is 11.7 Å². The normalized spacial score (nSPS) is 22.1. The number of para-hydroxylation sites is 1. The monoisotopic (exact) mass is 745 g/mol. The van der Waals surface area contributed by atoms with Gasteiger partial charge in [0.15, 0.2) is 11.5 Å². The summed E-state index contributed by atoms with van der Waals surface area (Å²) in [5.41, 5.74) is 9.50. The summed E-state index contributed by atoms with van der Waals surface area (Å²) in [5, 5.41) is 7.03. The first kappa shape index (κ1) is 33.7. The summed E-state index contributed by atoms with van der Waals surface area (Å²) in [6.07, 6.45) is 6.57. The molecule has 0 bridgehead atoms. The van der Waals surface area contributed by atoms with Crippen LogP contribution in [0, 0.1) is 12.7 Å². The second-order valence-electron chi connectivity index (χ2n) is 15.5. The molecule has 4 aromatic carbocycles. The number of halogens is 2. The van der Waals surface area contributed by atoms with E-state index >= 15 is 0 Å². The number of carbonyl (C=O) groups is 1. The van der Waals surface area contributed by atoms with Gasteiger partial charge in [-0.2, -0.15) is 0 Å². The summed E-state index contributed by atoms with van der Waals surface area (Å²) in [7, 11) is 0. The summed E-state index contributed by atoms with van der Waals surface area (Å²) in [6, 6.07) is 20.4. The molecule has 5 aromatic rings. The zero-order valence-corrected chi connectivity index (χ0v) is 31.1. The predicted molar refractivity (Wildman–Crippen MR) is 207 cm³/mol. The molecule has 4 aliphatic heterocycles. The number of imidazole rings is 1. The Morgan fingerprint density at radius 1 is 1.09 bits per heavy atom. The Morgan fingerprint density at radius 2 is 1.96 bits per heavy atom. The van der Waals surface area contributed by atoms with Gasteiger partial charge in [0.05, 0.1) is 35.8 Å². The topological polar surface area (TPSA) is 89.9 Å². The highest BCUT2D eigenvalue weighted by molar-refractivity contribution is 6.30. The Bertz CT molecular complexity index is 2400. The molecule has 2 N–H and O–H groups in total. The van der Waals surface area contributed by atoms with Crippen molar-refractivity contribution >= 4 is 45.5 Å². The molecule has 1 aliphatic carbocycles. The number of hydrogen-bond donors (Lipinski definition) is 2. The number of aromatic nitrogens is 2. The van der Waals surface area contributed by atoms with Crippen molar-refractivity contribution in [3.05, 3.63) is 117 Å². The van der Waals surface area contributed by atoms with Crippen LogP contribution in [0.1, 0.15) is 71.0 Å². The first-order valence-corrected chi connectivity index (χ1v) is 19.2. The lowest BCUT2D eigenvalue weighted by Crippen LogP contribution is -2.33. The highest BCUT2D eigenvalue weighted by atomic mass is 35.5. The van der Waals surface area contributed by atoms with Crippen LogP contribution in [0.3, 0.4) is 0 Å². The Kier molecular flexibility index (Phi) is 7.84. The van der Waals surface area contributed by atoms with Gasteiger partial charge >= 0.3 is 0 Å². The molecule has 54 heavy (non-hydrogen) atoms. The molecule has 5 heterocycles. The van der Waals surface area contributed by atoms with Crippen LogP contribution in [0.5, 0.6) is 11.5 Å². The molecule has 1 aromatic heterocycles. The summed E-state index contributed by atoms with van der Waals surface area (Å²) in [6.45, 7) is 8.50. The fourth-order valence-electron chi connectivity index (χ4n) is 8.59. The van der Waals surface area contributed by atoms with Gasteiger partial charge in [0.1, 0.15) is 11.6 Å². The number of amides is 1. The standard InChI is InChI=1S/C43H41ClFN5O4/c1-25-18-27(19-33-39(25)46-24-43(33)13-14-43)41(51)47-29-7-9-36-35(21-29)48-38(50(36)22-30-12-17-52-30)23-49-15-10-26(11-16-49)31-4-3-5-37-40(31)54-42(2,53-37)32-8-6-28(44)20-34(32)45/h3-10,18-21,30,46H,11-17,22-24H2,1-2H3,(H,47,51)/t30-,42?/m0/s1. The van der Waals surface area contributed by atoms with Crippen molar-refractivity contribution in [2.75, 3.05) is 36.9 Å². The molecule has 2 atom stereocenters. The number of benzene rings is 4. The SMILES string of the molecule is Cc1cc(C(=O)Nc2ccc3c(c2)nc(CN2CC=C(c4cccc5c4OC(C)(c4ccc(Cl)cc4F)O5)CC2)n3C[C@@H]2CCO2)cc2c1NCC21CC1. The van der Waals surface area contributed by atoms with Gasteiger partial charge in [0.2, 0.25) is 0 Å². The van der Waals surface area contributed by atoms with Crippen molar-refractivity contribution in [3.63, 3.8) is 0 Å². The smallest absolute Gasteiger partial charge is 0.278 e. The van der Waals surface area contributed by atoms with Gasteiger partial charge < -0.3 is 29.4 Å². The van der Waals surface area contributed by atoms with Gasteiger partial charge in [-0.3, -0.25) is 9.69 Å². The van der Waals surface area contributed by atoms with E-state index in [1.807, 2.05) is 36.4 Å². The number of hydrogen-bond acceptors (Lipinski definition) is 7. The van der Waals surface area contributed by atoms with Gasteiger partial charge in [-0.15, -0.1) is 0 Å². The van der Waals surface area contributed by atoms with Gasteiger partial charge in [-0.1, -0.05) is 29.8 Å². The van der Waals surface area contributed by atoms with Gasteiger partial charge in [-0.05, 0) is 104 Å². The van der Waals surface area contributed by atoms with Crippen LogP contribution < -0.4 is 20.1 Å². The van der Waals surface area contributed by atoms with Crippen LogP contribution in [0.25, 0.3) is 16.6 Å². The van der Waals surface area contributed by atoms with E-state index in [2.05, 4.69) is 45.2 Å². The first-order chi connectivity index (χ1) is 26.1. The zero-order chi connectivity index (χ0) is 36.8. The Hall–Kier alpha value is -4.90. The van der Waals surface area contributed by atoms with E-state index in [0.29, 0.717) is 34.2 Å². The largest absolute Gasteiger partial charge is 0.444 e. The average Bonchev–Trinajstić information content (AvgIpc) is 3.54. The van der Waals surface area contributed by atoms with E-state index in [0.717, 1.165) is 84.9 Å². The van der Waals surface area contributed by atoms with E-state index in [-0.39, 0.29) is 17.4 Å². The van der Waals surface area contributed by atoms with Gasteiger partial charge in [0, 0.05) is 66.1 Å². The first-order valence-electron chi connectivity index (χ1n) is 18.8. The minimum absolute atomic E-state index is 0.107. The molecule has 10 rings (SSSR count). The van der Waals surface area contributed by atoms with Crippen molar-refractivity contribution < 1.29 is 23.4 Å². The van der Waals surface area contributed by atoms with E-state index in [9.17, 15) is 9.18 Å². The third kappa shape index (κ3) is 5.74. The van der Waals surface area contributed by atoms with E-state index in [1.54, 1.807) is 19.1 Å². The number of nitrogens with one attached hydrogen (secondary N) is 2. The van der Waals surface area contributed by atoms with E-state index in [1.165, 1.54) is 30.2 Å². The highest BCUT2D eigenvalue weighted by Gasteiger charge is 2.49. The second-order valence-corrected chi connectivity index (χ2v) is 16.0. The lowest BCUT2D eigenvalue weighted by molar-refractivity contribution is -0.0708. The van der Waals surface area contributed by atoms with Crippen LogP contribution in [0.4, 0.5) is 15.8 Å². The number of aryl methyl sites for hydroxylation is 1. The van der Waals surface area contributed by atoms with Gasteiger partial charge in [-0.25, -0.2) is 9.37 Å². The fraction of sp³-hybridized carbons (Fsp3) is 0.349. The number of fused-ring (bicyclic) bond motifs is 4. The Labute approximate surface area is 318 Å².